The van der Waals surface area contributed by atoms with Gasteiger partial charge in [-0.25, -0.2) is 4.72 Å². The van der Waals surface area contributed by atoms with Crippen LogP contribution in [0.5, 0.6) is 0 Å². The van der Waals surface area contributed by atoms with Gasteiger partial charge in [0.1, 0.15) is 0 Å². The topological polar surface area (TPSA) is 78.4 Å². The lowest BCUT2D eigenvalue weighted by molar-refractivity contribution is 0.270. The molecular weight excluding hydrogens is 192 g/mol. The smallest absolute Gasteiger partial charge is 0.277 e. The molecule has 5 nitrogen and oxygen atoms in total. The van der Waals surface area contributed by atoms with E-state index < -0.39 is 10.2 Å². The van der Waals surface area contributed by atoms with Crippen molar-refractivity contribution >= 4 is 10.2 Å². The average Bonchev–Trinajstić information content (AvgIpc) is 2.03. The summed E-state index contributed by atoms with van der Waals surface area (Å²) in [4.78, 5) is 0. The van der Waals surface area contributed by atoms with Crippen molar-refractivity contribution in [1.29, 1.82) is 0 Å². The van der Waals surface area contributed by atoms with Gasteiger partial charge in [-0.1, -0.05) is 13.8 Å². The first-order chi connectivity index (χ1) is 6.05. The van der Waals surface area contributed by atoms with Gasteiger partial charge in [-0.05, 0) is 12.8 Å². The van der Waals surface area contributed by atoms with E-state index in [9.17, 15) is 8.42 Å². The van der Waals surface area contributed by atoms with E-state index in [1.807, 2.05) is 6.92 Å². The summed E-state index contributed by atoms with van der Waals surface area (Å²) in [5, 5.41) is 8.64. The van der Waals surface area contributed by atoms with Crippen molar-refractivity contribution in [3.63, 3.8) is 0 Å². The minimum atomic E-state index is -3.38. The Bertz CT molecular complexity index is 216. The number of rotatable bonds is 7. The second-order valence-corrected chi connectivity index (χ2v) is 4.27. The van der Waals surface area contributed by atoms with Gasteiger partial charge in [0, 0.05) is 19.2 Å². The molecule has 0 aliphatic rings. The molecular formula is C7H18N2O3S. The van der Waals surface area contributed by atoms with Crippen molar-refractivity contribution in [2.24, 2.45) is 0 Å². The van der Waals surface area contributed by atoms with E-state index in [-0.39, 0.29) is 12.6 Å². The molecule has 0 amide bonds. The molecule has 0 fully saturated rings. The normalized spacial score (nSPS) is 14.4. The highest BCUT2D eigenvalue weighted by molar-refractivity contribution is 7.87. The molecule has 0 aromatic carbocycles. The molecule has 1 unspecified atom stereocenters. The predicted octanol–water partition coefficient (Wildman–Crippen LogP) is -0.409. The molecule has 0 bridgehead atoms. The number of aliphatic hydroxyl groups excluding tert-OH is 1. The van der Waals surface area contributed by atoms with Crippen molar-refractivity contribution in [2.45, 2.75) is 32.7 Å². The van der Waals surface area contributed by atoms with Crippen LogP contribution in [0.3, 0.4) is 0 Å². The van der Waals surface area contributed by atoms with E-state index >= 15 is 0 Å². The maximum atomic E-state index is 11.2. The molecule has 80 valence electrons. The number of nitrogens with one attached hydrogen (secondary N) is 2. The number of hydrogen-bond donors (Lipinski definition) is 3. The van der Waals surface area contributed by atoms with Crippen LogP contribution in [0.4, 0.5) is 0 Å². The second kappa shape index (κ2) is 6.31. The van der Waals surface area contributed by atoms with Crippen molar-refractivity contribution < 1.29 is 13.5 Å². The van der Waals surface area contributed by atoms with Crippen molar-refractivity contribution in [2.75, 3.05) is 13.2 Å². The van der Waals surface area contributed by atoms with Crippen LogP contribution in [0.15, 0.2) is 0 Å². The molecule has 0 spiro atoms. The van der Waals surface area contributed by atoms with E-state index in [0.29, 0.717) is 19.4 Å². The van der Waals surface area contributed by atoms with Crippen LogP contribution in [-0.2, 0) is 10.2 Å². The number of hydrogen-bond acceptors (Lipinski definition) is 3. The zero-order chi connectivity index (χ0) is 10.3. The zero-order valence-electron chi connectivity index (χ0n) is 8.08. The van der Waals surface area contributed by atoms with Crippen molar-refractivity contribution in [1.82, 2.24) is 9.44 Å². The molecule has 0 rings (SSSR count). The van der Waals surface area contributed by atoms with Crippen LogP contribution in [-0.4, -0.2) is 32.7 Å². The summed E-state index contributed by atoms with van der Waals surface area (Å²) in [6.45, 7) is 3.94. The van der Waals surface area contributed by atoms with Gasteiger partial charge < -0.3 is 5.11 Å². The van der Waals surface area contributed by atoms with Crippen LogP contribution in [0, 0.1) is 0 Å². The minimum Gasteiger partial charge on any atom is -0.396 e. The first kappa shape index (κ1) is 12.8. The standard InChI is InChI=1S/C7H18N2O3S/c1-3-7(5-6-10)9-13(11,12)8-4-2/h7-10H,3-6H2,1-2H3. The summed E-state index contributed by atoms with van der Waals surface area (Å²) in [6, 6.07) is -0.186. The van der Waals surface area contributed by atoms with Gasteiger partial charge in [-0.15, -0.1) is 0 Å². The summed E-state index contributed by atoms with van der Waals surface area (Å²) >= 11 is 0. The van der Waals surface area contributed by atoms with Crippen LogP contribution >= 0.6 is 0 Å². The summed E-state index contributed by atoms with van der Waals surface area (Å²) in [5.74, 6) is 0. The van der Waals surface area contributed by atoms with E-state index in [1.165, 1.54) is 0 Å². The highest BCUT2D eigenvalue weighted by Gasteiger charge is 2.14. The van der Waals surface area contributed by atoms with Crippen LogP contribution < -0.4 is 9.44 Å². The third-order valence-electron chi connectivity index (χ3n) is 1.63. The summed E-state index contributed by atoms with van der Waals surface area (Å²) < 4.78 is 27.1. The van der Waals surface area contributed by atoms with E-state index in [1.54, 1.807) is 6.92 Å². The quantitative estimate of drug-likeness (QED) is 0.534. The summed E-state index contributed by atoms with van der Waals surface area (Å²) in [5.41, 5.74) is 0. The molecule has 13 heavy (non-hydrogen) atoms. The molecule has 6 heteroatoms. The van der Waals surface area contributed by atoms with Gasteiger partial charge in [0.25, 0.3) is 10.2 Å². The lowest BCUT2D eigenvalue weighted by atomic mass is 10.2. The fourth-order valence-electron chi connectivity index (χ4n) is 0.953. The Morgan fingerprint density at radius 2 is 2.00 bits per heavy atom. The van der Waals surface area contributed by atoms with Gasteiger partial charge in [-0.3, -0.25) is 0 Å². The summed E-state index contributed by atoms with van der Waals surface area (Å²) in [6.07, 6.45) is 1.12. The van der Waals surface area contributed by atoms with Gasteiger partial charge in [0.05, 0.1) is 0 Å². The Kier molecular flexibility index (Phi) is 6.23. The third kappa shape index (κ3) is 5.98. The summed E-state index contributed by atoms with van der Waals surface area (Å²) in [7, 11) is -3.38. The maximum Gasteiger partial charge on any atom is 0.277 e. The predicted molar refractivity (Wildman–Crippen MR) is 51.5 cm³/mol. The Balaban J connectivity index is 4.06. The molecule has 0 aromatic rings. The highest BCUT2D eigenvalue weighted by atomic mass is 32.2. The lowest BCUT2D eigenvalue weighted by Crippen LogP contribution is -2.42. The van der Waals surface area contributed by atoms with Crippen molar-refractivity contribution in [3.8, 4) is 0 Å². The van der Waals surface area contributed by atoms with Crippen molar-refractivity contribution in [3.05, 3.63) is 0 Å². The van der Waals surface area contributed by atoms with Gasteiger partial charge in [-0.2, -0.15) is 13.1 Å². The minimum absolute atomic E-state index is 0.00679. The SMILES string of the molecule is CCNS(=O)(=O)NC(CC)CCO. The fourth-order valence-corrected chi connectivity index (χ4v) is 2.14. The van der Waals surface area contributed by atoms with Gasteiger partial charge in [0.2, 0.25) is 0 Å². The highest BCUT2D eigenvalue weighted by Crippen LogP contribution is 1.97. The zero-order valence-corrected chi connectivity index (χ0v) is 8.89. The third-order valence-corrected chi connectivity index (χ3v) is 2.94. The number of aliphatic hydroxyl groups is 1. The largest absolute Gasteiger partial charge is 0.396 e. The Morgan fingerprint density at radius 3 is 2.38 bits per heavy atom. The van der Waals surface area contributed by atoms with Crippen LogP contribution in [0.25, 0.3) is 0 Å². The van der Waals surface area contributed by atoms with Gasteiger partial charge >= 0.3 is 0 Å². The molecule has 0 saturated carbocycles. The molecule has 0 saturated heterocycles. The molecule has 0 aliphatic carbocycles. The monoisotopic (exact) mass is 210 g/mol. The van der Waals surface area contributed by atoms with Crippen LogP contribution in [0.2, 0.25) is 0 Å². The van der Waals surface area contributed by atoms with E-state index in [4.69, 9.17) is 5.11 Å². The van der Waals surface area contributed by atoms with Gasteiger partial charge in [0.15, 0.2) is 0 Å². The Morgan fingerprint density at radius 1 is 1.38 bits per heavy atom. The Hall–Kier alpha value is -0.170. The van der Waals surface area contributed by atoms with E-state index in [2.05, 4.69) is 9.44 Å². The first-order valence-electron chi connectivity index (χ1n) is 4.43. The molecule has 3 N–H and O–H groups in total. The fraction of sp³-hybridized carbons (Fsp3) is 1.00. The average molecular weight is 210 g/mol. The molecule has 0 aliphatic heterocycles. The molecule has 0 heterocycles. The second-order valence-electron chi connectivity index (χ2n) is 2.74. The lowest BCUT2D eigenvalue weighted by Gasteiger charge is -2.15. The Labute approximate surface area is 79.7 Å². The molecule has 1 atom stereocenters. The maximum absolute atomic E-state index is 11.2. The van der Waals surface area contributed by atoms with E-state index in [0.717, 1.165) is 0 Å². The first-order valence-corrected chi connectivity index (χ1v) is 5.91. The molecule has 0 radical (unpaired) electrons. The molecule has 0 aromatic heterocycles. The van der Waals surface area contributed by atoms with Crippen LogP contribution in [0.1, 0.15) is 26.7 Å².